The average molecular weight is 330 g/mol. The summed E-state index contributed by atoms with van der Waals surface area (Å²) in [6, 6.07) is 8.31. The third-order valence-electron chi connectivity index (χ3n) is 4.48. The van der Waals surface area contributed by atoms with Gasteiger partial charge < -0.3 is 4.90 Å². The molecule has 0 aliphatic carbocycles. The number of hydrogen-bond acceptors (Lipinski definition) is 3. The summed E-state index contributed by atoms with van der Waals surface area (Å²) in [6.45, 7) is 7.50. The van der Waals surface area contributed by atoms with Crippen molar-refractivity contribution < 1.29 is 9.18 Å². The van der Waals surface area contributed by atoms with Gasteiger partial charge in [0.25, 0.3) is 0 Å². The molecule has 0 bridgehead atoms. The van der Waals surface area contributed by atoms with Gasteiger partial charge in [-0.2, -0.15) is 5.10 Å². The fraction of sp³-hybridized carbons (Fsp3) is 0.444. The van der Waals surface area contributed by atoms with Crippen molar-refractivity contribution in [2.75, 3.05) is 26.2 Å². The third kappa shape index (κ3) is 3.82. The molecule has 0 N–H and O–H groups in total. The Labute approximate surface area is 141 Å². The molecule has 2 aromatic rings. The van der Waals surface area contributed by atoms with Crippen molar-refractivity contribution in [3.63, 3.8) is 0 Å². The highest BCUT2D eigenvalue weighted by molar-refractivity contribution is 5.80. The summed E-state index contributed by atoms with van der Waals surface area (Å²) < 4.78 is 15.0. The number of nitrogens with zero attached hydrogens (tertiary/aromatic N) is 4. The van der Waals surface area contributed by atoms with Crippen molar-refractivity contribution in [1.29, 1.82) is 0 Å². The smallest absolute Gasteiger partial charge is 0.247 e. The van der Waals surface area contributed by atoms with Crippen LogP contribution in [-0.4, -0.2) is 51.7 Å². The molecule has 1 aromatic heterocycles. The van der Waals surface area contributed by atoms with Crippen LogP contribution in [0.2, 0.25) is 0 Å². The molecule has 0 radical (unpaired) electrons. The summed E-state index contributed by atoms with van der Waals surface area (Å²) in [5.74, 6) is -0.104. The predicted octanol–water partition coefficient (Wildman–Crippen LogP) is 2.24. The van der Waals surface area contributed by atoms with Crippen molar-refractivity contribution >= 4 is 5.91 Å². The van der Waals surface area contributed by atoms with E-state index in [-0.39, 0.29) is 17.8 Å². The molecule has 6 heteroatoms. The zero-order valence-electron chi connectivity index (χ0n) is 14.2. The molecule has 1 unspecified atom stereocenters. The molecule has 0 saturated carbocycles. The molecule has 1 fully saturated rings. The van der Waals surface area contributed by atoms with E-state index in [2.05, 4.69) is 10.00 Å². The molecule has 24 heavy (non-hydrogen) atoms. The zero-order chi connectivity index (χ0) is 17.1. The van der Waals surface area contributed by atoms with Crippen molar-refractivity contribution in [2.24, 2.45) is 0 Å². The Morgan fingerprint density at radius 1 is 1.25 bits per heavy atom. The lowest BCUT2D eigenvalue weighted by molar-refractivity contribution is -0.136. The predicted molar refractivity (Wildman–Crippen MR) is 89.9 cm³/mol. The Morgan fingerprint density at radius 2 is 2.00 bits per heavy atom. The summed E-state index contributed by atoms with van der Waals surface area (Å²) in [5, 5.41) is 4.33. The number of benzene rings is 1. The molecule has 1 amide bonds. The van der Waals surface area contributed by atoms with Crippen LogP contribution in [0.15, 0.2) is 36.5 Å². The van der Waals surface area contributed by atoms with Gasteiger partial charge in [0.2, 0.25) is 5.91 Å². The maximum atomic E-state index is 13.3. The number of halogens is 1. The van der Waals surface area contributed by atoms with Crippen LogP contribution in [0.1, 0.15) is 24.2 Å². The Hall–Kier alpha value is -2.21. The standard InChI is InChI=1S/C18H23FN4O/c1-14-6-7-23(20-14)15(2)18(24)22-10-8-21(9-11-22)13-16-4-3-5-17(19)12-16/h3-7,12,15H,8-11,13H2,1-2H3. The number of carbonyl (C=O) groups excluding carboxylic acids is 1. The van der Waals surface area contributed by atoms with Crippen molar-refractivity contribution in [2.45, 2.75) is 26.4 Å². The number of hydrogen-bond donors (Lipinski definition) is 0. The first-order chi connectivity index (χ1) is 11.5. The highest BCUT2D eigenvalue weighted by atomic mass is 19.1. The van der Waals surface area contributed by atoms with Crippen molar-refractivity contribution in [1.82, 2.24) is 19.6 Å². The van der Waals surface area contributed by atoms with E-state index in [9.17, 15) is 9.18 Å². The summed E-state index contributed by atoms with van der Waals surface area (Å²) in [6.07, 6.45) is 1.85. The molecular formula is C18H23FN4O. The van der Waals surface area contributed by atoms with E-state index in [1.54, 1.807) is 16.8 Å². The van der Waals surface area contributed by atoms with E-state index in [1.165, 1.54) is 6.07 Å². The van der Waals surface area contributed by atoms with Crippen LogP contribution in [0.5, 0.6) is 0 Å². The summed E-state index contributed by atoms with van der Waals surface area (Å²) >= 11 is 0. The van der Waals surface area contributed by atoms with Gasteiger partial charge in [-0.15, -0.1) is 0 Å². The number of carbonyl (C=O) groups is 1. The fourth-order valence-electron chi connectivity index (χ4n) is 3.05. The van der Waals surface area contributed by atoms with Gasteiger partial charge in [0, 0.05) is 38.9 Å². The number of aryl methyl sites for hydroxylation is 1. The minimum absolute atomic E-state index is 0.100. The molecule has 2 heterocycles. The lowest BCUT2D eigenvalue weighted by atomic mass is 10.2. The molecule has 5 nitrogen and oxygen atoms in total. The van der Waals surface area contributed by atoms with Crippen LogP contribution in [-0.2, 0) is 11.3 Å². The Bertz CT molecular complexity index is 707. The maximum absolute atomic E-state index is 13.3. The van der Waals surface area contributed by atoms with Gasteiger partial charge in [-0.25, -0.2) is 4.39 Å². The molecule has 0 spiro atoms. The van der Waals surface area contributed by atoms with Crippen molar-refractivity contribution in [3.8, 4) is 0 Å². The van der Waals surface area contributed by atoms with E-state index in [1.807, 2.05) is 37.1 Å². The number of amides is 1. The van der Waals surface area contributed by atoms with Gasteiger partial charge in [-0.1, -0.05) is 12.1 Å². The lowest BCUT2D eigenvalue weighted by Gasteiger charge is -2.36. The highest BCUT2D eigenvalue weighted by Gasteiger charge is 2.26. The van der Waals surface area contributed by atoms with E-state index >= 15 is 0 Å². The Balaban J connectivity index is 1.53. The summed E-state index contributed by atoms with van der Waals surface area (Å²) in [7, 11) is 0. The quantitative estimate of drug-likeness (QED) is 0.863. The van der Waals surface area contributed by atoms with Crippen LogP contribution >= 0.6 is 0 Å². The number of aromatic nitrogens is 2. The van der Waals surface area contributed by atoms with Crippen LogP contribution < -0.4 is 0 Å². The first-order valence-electron chi connectivity index (χ1n) is 8.30. The monoisotopic (exact) mass is 330 g/mol. The van der Waals surface area contributed by atoms with E-state index in [0.717, 1.165) is 24.3 Å². The van der Waals surface area contributed by atoms with Crippen LogP contribution in [0, 0.1) is 12.7 Å². The average Bonchev–Trinajstić information content (AvgIpc) is 3.01. The molecule has 1 aliphatic heterocycles. The van der Waals surface area contributed by atoms with E-state index in [4.69, 9.17) is 0 Å². The van der Waals surface area contributed by atoms with Gasteiger partial charge in [-0.3, -0.25) is 14.4 Å². The molecule has 1 aromatic carbocycles. The molecule has 1 saturated heterocycles. The second kappa shape index (κ2) is 7.13. The van der Waals surface area contributed by atoms with Gasteiger partial charge in [0.05, 0.1) is 5.69 Å². The summed E-state index contributed by atoms with van der Waals surface area (Å²) in [5.41, 5.74) is 1.88. The molecular weight excluding hydrogens is 307 g/mol. The molecule has 1 aliphatic rings. The Kier molecular flexibility index (Phi) is 4.94. The number of piperazine rings is 1. The second-order valence-corrected chi connectivity index (χ2v) is 6.34. The van der Waals surface area contributed by atoms with Gasteiger partial charge >= 0.3 is 0 Å². The van der Waals surface area contributed by atoms with Crippen LogP contribution in [0.25, 0.3) is 0 Å². The minimum atomic E-state index is -0.284. The summed E-state index contributed by atoms with van der Waals surface area (Å²) in [4.78, 5) is 16.8. The Morgan fingerprint density at radius 3 is 2.62 bits per heavy atom. The van der Waals surface area contributed by atoms with E-state index < -0.39 is 0 Å². The molecule has 3 rings (SSSR count). The normalized spacial score (nSPS) is 17.0. The second-order valence-electron chi connectivity index (χ2n) is 6.34. The topological polar surface area (TPSA) is 41.4 Å². The lowest BCUT2D eigenvalue weighted by Crippen LogP contribution is -2.49. The molecule has 1 atom stereocenters. The van der Waals surface area contributed by atoms with Crippen LogP contribution in [0.4, 0.5) is 4.39 Å². The largest absolute Gasteiger partial charge is 0.338 e. The SMILES string of the molecule is Cc1ccn(C(C)C(=O)N2CCN(Cc3cccc(F)c3)CC2)n1. The maximum Gasteiger partial charge on any atom is 0.247 e. The first kappa shape index (κ1) is 16.6. The minimum Gasteiger partial charge on any atom is -0.338 e. The van der Waals surface area contributed by atoms with Crippen LogP contribution in [0.3, 0.4) is 0 Å². The highest BCUT2D eigenvalue weighted by Crippen LogP contribution is 2.14. The molecule has 128 valence electrons. The third-order valence-corrected chi connectivity index (χ3v) is 4.48. The van der Waals surface area contributed by atoms with Gasteiger partial charge in [0.15, 0.2) is 0 Å². The van der Waals surface area contributed by atoms with Gasteiger partial charge in [-0.05, 0) is 37.6 Å². The fourth-order valence-corrected chi connectivity index (χ4v) is 3.05. The first-order valence-corrected chi connectivity index (χ1v) is 8.30. The zero-order valence-corrected chi connectivity index (χ0v) is 14.2. The number of rotatable bonds is 4. The van der Waals surface area contributed by atoms with Crippen molar-refractivity contribution in [3.05, 3.63) is 53.6 Å². The van der Waals surface area contributed by atoms with E-state index in [0.29, 0.717) is 19.6 Å². The van der Waals surface area contributed by atoms with Gasteiger partial charge in [0.1, 0.15) is 11.9 Å².